The third-order valence-electron chi connectivity index (χ3n) is 13.9. The van der Waals surface area contributed by atoms with Crippen molar-refractivity contribution in [2.45, 2.75) is 52.4 Å². The smallest absolute Gasteiger partial charge is 0.0548 e. The maximum Gasteiger partial charge on any atom is 0.0548 e. The lowest BCUT2D eigenvalue weighted by Crippen LogP contribution is -1.95. The fraction of sp³-hybridized carbons (Fsp3) is 0.129. The first-order chi connectivity index (χ1) is 31.7. The molecule has 0 aliphatic rings. The monoisotopic (exact) mass is 822 g/mol. The van der Waals surface area contributed by atoms with Crippen molar-refractivity contribution in [3.63, 3.8) is 0 Å². The number of aromatic nitrogens is 2. The summed E-state index contributed by atoms with van der Waals surface area (Å²) >= 11 is 0. The van der Waals surface area contributed by atoms with Gasteiger partial charge in [0, 0.05) is 32.9 Å². The van der Waals surface area contributed by atoms with Crippen LogP contribution in [0.25, 0.3) is 110 Å². The number of nitrogens with zero attached hydrogens (tertiary/aromatic N) is 2. The molecule has 12 aromatic rings. The van der Waals surface area contributed by atoms with Crippen molar-refractivity contribution in [2.75, 3.05) is 0 Å². The summed E-state index contributed by atoms with van der Waals surface area (Å²) in [4.78, 5) is 0. The molecule has 0 spiro atoms. The summed E-state index contributed by atoms with van der Waals surface area (Å²) in [6.45, 7) is 4.53. The van der Waals surface area contributed by atoms with Crippen molar-refractivity contribution < 1.29 is 0 Å². The number of aryl methyl sites for hydroxylation is 2. The van der Waals surface area contributed by atoms with Gasteiger partial charge < -0.3 is 9.13 Å². The molecule has 0 saturated heterocycles. The fourth-order valence-electron chi connectivity index (χ4n) is 10.7. The minimum atomic E-state index is 1.12. The Kier molecular flexibility index (Phi) is 9.41. The topological polar surface area (TPSA) is 9.86 Å². The summed E-state index contributed by atoms with van der Waals surface area (Å²) in [6.07, 6.45) is 7.13. The van der Waals surface area contributed by atoms with E-state index >= 15 is 0 Å². The predicted molar refractivity (Wildman–Crippen MR) is 276 cm³/mol. The van der Waals surface area contributed by atoms with Crippen LogP contribution in [0, 0.1) is 0 Å². The van der Waals surface area contributed by atoms with Gasteiger partial charge in [-0.2, -0.15) is 0 Å². The SMILES string of the molecule is CCCCc1ccc(-c2cccc(-c3ccc(-n4c5ccccc5c5c6c7ccccc7n(-c7ccc8c9ccc(CCCC)cc9c9ccccc9c8c7)c6ccc54)cc3)c2)cc1. The fourth-order valence-corrected chi connectivity index (χ4v) is 10.7. The Balaban J connectivity index is 0.991. The number of hydrogen-bond donors (Lipinski definition) is 0. The standard InChI is InChI=1S/C62H50N2/c1-3-5-14-41-24-27-43(28-25-41)45-16-13-17-46(39-45)44-29-31-47(32-30-44)63-57-22-11-9-20-53(57)61-59(63)36-37-60-62(61)54-21-10-12-23-58(54)64(60)48-33-35-52-51-34-26-42(15-6-4-2)38-55(51)49-18-7-8-19-50(49)56(52)40-48/h7-13,16-40H,3-6,14-15H2,1-2H3. The number of unbranched alkanes of at least 4 members (excludes halogenated alkanes) is 2. The molecule has 0 unspecified atom stereocenters. The lowest BCUT2D eigenvalue weighted by molar-refractivity contribution is 0.795. The first kappa shape index (κ1) is 38.3. The van der Waals surface area contributed by atoms with Gasteiger partial charge in [0.1, 0.15) is 0 Å². The van der Waals surface area contributed by atoms with Gasteiger partial charge in [-0.25, -0.2) is 0 Å². The Morgan fingerprint density at radius 3 is 1.34 bits per heavy atom. The van der Waals surface area contributed by atoms with E-state index in [9.17, 15) is 0 Å². The van der Waals surface area contributed by atoms with Crippen LogP contribution in [0.4, 0.5) is 0 Å². The van der Waals surface area contributed by atoms with Gasteiger partial charge >= 0.3 is 0 Å². The van der Waals surface area contributed by atoms with Gasteiger partial charge in [-0.1, -0.05) is 166 Å². The van der Waals surface area contributed by atoms with Crippen molar-refractivity contribution in [1.29, 1.82) is 0 Å². The molecular formula is C62H50N2. The first-order valence-electron chi connectivity index (χ1n) is 23.3. The molecule has 12 rings (SSSR count). The van der Waals surface area contributed by atoms with Gasteiger partial charge in [-0.15, -0.1) is 0 Å². The Hall–Kier alpha value is -7.42. The zero-order chi connectivity index (χ0) is 42.7. The Bertz CT molecular complexity index is 3710. The number of para-hydroxylation sites is 2. The van der Waals surface area contributed by atoms with Crippen LogP contribution in [0.2, 0.25) is 0 Å². The van der Waals surface area contributed by atoms with E-state index in [1.54, 1.807) is 0 Å². The maximum atomic E-state index is 2.49. The van der Waals surface area contributed by atoms with E-state index in [0.717, 1.165) is 18.5 Å². The molecule has 64 heavy (non-hydrogen) atoms. The summed E-state index contributed by atoms with van der Waals surface area (Å²) < 4.78 is 4.95. The van der Waals surface area contributed by atoms with Gasteiger partial charge in [-0.05, 0) is 146 Å². The quantitative estimate of drug-likeness (QED) is 0.122. The van der Waals surface area contributed by atoms with Crippen LogP contribution in [0.1, 0.15) is 50.7 Å². The number of fused-ring (bicyclic) bond motifs is 13. The van der Waals surface area contributed by atoms with Crippen LogP contribution < -0.4 is 0 Å². The van der Waals surface area contributed by atoms with E-state index in [2.05, 4.69) is 217 Å². The molecule has 0 atom stereocenters. The number of benzene rings is 10. The van der Waals surface area contributed by atoms with Crippen LogP contribution in [0.5, 0.6) is 0 Å². The molecule has 2 heterocycles. The lowest BCUT2D eigenvalue weighted by atomic mass is 9.92. The molecule has 0 bridgehead atoms. The van der Waals surface area contributed by atoms with Crippen LogP contribution in [-0.2, 0) is 12.8 Å². The zero-order valence-corrected chi connectivity index (χ0v) is 36.6. The third-order valence-corrected chi connectivity index (χ3v) is 13.9. The summed E-state index contributed by atoms with van der Waals surface area (Å²) in [5, 5.41) is 13.0. The molecule has 0 saturated carbocycles. The van der Waals surface area contributed by atoms with E-state index < -0.39 is 0 Å². The van der Waals surface area contributed by atoms with E-state index in [1.807, 2.05) is 0 Å². The van der Waals surface area contributed by atoms with Gasteiger partial charge in [0.15, 0.2) is 0 Å². The molecule has 2 aromatic heterocycles. The molecule has 0 aliphatic carbocycles. The van der Waals surface area contributed by atoms with Crippen molar-refractivity contribution in [3.8, 4) is 33.6 Å². The second kappa shape index (κ2) is 15.7. The summed E-state index contributed by atoms with van der Waals surface area (Å²) in [7, 11) is 0. The van der Waals surface area contributed by atoms with Gasteiger partial charge in [0.05, 0.1) is 22.1 Å². The average Bonchev–Trinajstić information content (AvgIpc) is 3.88. The molecule has 308 valence electrons. The van der Waals surface area contributed by atoms with Gasteiger partial charge in [0.25, 0.3) is 0 Å². The van der Waals surface area contributed by atoms with E-state index in [4.69, 9.17) is 0 Å². The number of hydrogen-bond acceptors (Lipinski definition) is 0. The predicted octanol–water partition coefficient (Wildman–Crippen LogP) is 17.4. The van der Waals surface area contributed by atoms with Gasteiger partial charge in [0.2, 0.25) is 0 Å². The molecule has 2 nitrogen and oxygen atoms in total. The largest absolute Gasteiger partial charge is 0.309 e. The highest BCUT2D eigenvalue weighted by atomic mass is 15.0. The molecule has 0 aliphatic heterocycles. The second-order valence-electron chi connectivity index (χ2n) is 17.7. The molecule has 0 N–H and O–H groups in total. The van der Waals surface area contributed by atoms with E-state index in [1.165, 1.54) is 141 Å². The van der Waals surface area contributed by atoms with Crippen LogP contribution >= 0.6 is 0 Å². The highest BCUT2D eigenvalue weighted by Gasteiger charge is 2.21. The second-order valence-corrected chi connectivity index (χ2v) is 17.7. The minimum absolute atomic E-state index is 1.12. The molecule has 0 fully saturated rings. The molecule has 0 amide bonds. The van der Waals surface area contributed by atoms with Crippen LogP contribution in [-0.4, -0.2) is 9.13 Å². The van der Waals surface area contributed by atoms with Crippen molar-refractivity contribution in [2.24, 2.45) is 0 Å². The molecule has 0 radical (unpaired) electrons. The summed E-state index contributed by atoms with van der Waals surface area (Å²) in [5.74, 6) is 0. The Morgan fingerprint density at radius 1 is 0.297 bits per heavy atom. The first-order valence-corrected chi connectivity index (χ1v) is 23.3. The van der Waals surface area contributed by atoms with Crippen LogP contribution in [0.15, 0.2) is 194 Å². The van der Waals surface area contributed by atoms with Crippen molar-refractivity contribution in [3.05, 3.63) is 205 Å². The minimum Gasteiger partial charge on any atom is -0.309 e. The summed E-state index contributed by atoms with van der Waals surface area (Å²) in [5.41, 5.74) is 15.0. The molecule has 10 aromatic carbocycles. The lowest BCUT2D eigenvalue weighted by Gasteiger charge is -2.15. The number of rotatable bonds is 10. The molecule has 2 heteroatoms. The third kappa shape index (κ3) is 6.23. The Morgan fingerprint density at radius 2 is 0.750 bits per heavy atom. The molecular weight excluding hydrogens is 773 g/mol. The van der Waals surface area contributed by atoms with Crippen LogP contribution in [0.3, 0.4) is 0 Å². The highest BCUT2D eigenvalue weighted by Crippen LogP contribution is 2.44. The zero-order valence-electron chi connectivity index (χ0n) is 36.6. The highest BCUT2D eigenvalue weighted by molar-refractivity contribution is 6.29. The van der Waals surface area contributed by atoms with Crippen molar-refractivity contribution >= 4 is 75.9 Å². The summed E-state index contributed by atoms with van der Waals surface area (Å²) in [6, 6.07) is 73.1. The normalized spacial score (nSPS) is 12.0. The maximum absolute atomic E-state index is 2.49. The van der Waals surface area contributed by atoms with E-state index in [0.29, 0.717) is 0 Å². The average molecular weight is 823 g/mol. The van der Waals surface area contributed by atoms with E-state index in [-0.39, 0.29) is 0 Å². The Labute approximate surface area is 374 Å². The van der Waals surface area contributed by atoms with Gasteiger partial charge in [-0.3, -0.25) is 0 Å². The van der Waals surface area contributed by atoms with Crippen molar-refractivity contribution in [1.82, 2.24) is 9.13 Å².